The van der Waals surface area contributed by atoms with Crippen LogP contribution in [0.4, 0.5) is 5.69 Å². The molecule has 0 aliphatic carbocycles. The summed E-state index contributed by atoms with van der Waals surface area (Å²) in [7, 11) is 1.72. The van der Waals surface area contributed by atoms with E-state index in [1.807, 2.05) is 0 Å². The highest BCUT2D eigenvalue weighted by molar-refractivity contribution is 5.52. The molecule has 2 heterocycles. The maximum atomic E-state index is 5.24. The van der Waals surface area contributed by atoms with Crippen LogP contribution in [0, 0.1) is 5.41 Å². The number of hydrogen-bond donors (Lipinski definition) is 0. The van der Waals surface area contributed by atoms with E-state index >= 15 is 0 Å². The molecule has 2 bridgehead atoms. The molecule has 2 aliphatic rings. The zero-order valence-corrected chi connectivity index (χ0v) is 13.1. The van der Waals surface area contributed by atoms with Crippen LogP contribution >= 0.6 is 0 Å². The molecule has 0 spiro atoms. The minimum Gasteiger partial charge on any atom is -0.497 e. The van der Waals surface area contributed by atoms with Crippen molar-refractivity contribution in [3.8, 4) is 5.75 Å². The predicted octanol–water partition coefficient (Wildman–Crippen LogP) is 3.00. The Morgan fingerprint density at radius 1 is 1.10 bits per heavy atom. The Labute approximate surface area is 122 Å². The van der Waals surface area contributed by atoms with Crippen molar-refractivity contribution in [2.45, 2.75) is 39.3 Å². The van der Waals surface area contributed by atoms with E-state index in [-0.39, 0.29) is 0 Å². The molecule has 2 atom stereocenters. The van der Waals surface area contributed by atoms with Crippen LogP contribution in [-0.4, -0.2) is 43.7 Å². The van der Waals surface area contributed by atoms with Gasteiger partial charge in [0.15, 0.2) is 0 Å². The summed E-state index contributed by atoms with van der Waals surface area (Å²) in [6.07, 6.45) is 1.32. The lowest BCUT2D eigenvalue weighted by molar-refractivity contribution is 0.168. The first-order chi connectivity index (χ1) is 9.46. The third-order valence-corrected chi connectivity index (χ3v) is 4.44. The number of ether oxygens (including phenoxy) is 1. The fraction of sp³-hybridized carbons (Fsp3) is 0.647. The van der Waals surface area contributed by atoms with Crippen molar-refractivity contribution in [3.05, 3.63) is 24.3 Å². The fourth-order valence-corrected chi connectivity index (χ4v) is 3.64. The molecule has 0 radical (unpaired) electrons. The van der Waals surface area contributed by atoms with E-state index < -0.39 is 0 Å². The highest BCUT2D eigenvalue weighted by atomic mass is 16.5. The van der Waals surface area contributed by atoms with E-state index in [0.29, 0.717) is 11.5 Å². The molecule has 20 heavy (non-hydrogen) atoms. The summed E-state index contributed by atoms with van der Waals surface area (Å²) >= 11 is 0. The molecule has 2 saturated heterocycles. The summed E-state index contributed by atoms with van der Waals surface area (Å²) < 4.78 is 5.24. The Bertz CT molecular complexity index is 463. The largest absolute Gasteiger partial charge is 0.497 e. The zero-order valence-electron chi connectivity index (χ0n) is 13.1. The van der Waals surface area contributed by atoms with Crippen molar-refractivity contribution in [3.63, 3.8) is 0 Å². The minimum absolute atomic E-state index is 0.398. The van der Waals surface area contributed by atoms with E-state index in [9.17, 15) is 0 Å². The Morgan fingerprint density at radius 2 is 1.80 bits per heavy atom. The van der Waals surface area contributed by atoms with Crippen molar-refractivity contribution < 1.29 is 4.74 Å². The molecule has 2 fully saturated rings. The van der Waals surface area contributed by atoms with Gasteiger partial charge >= 0.3 is 0 Å². The van der Waals surface area contributed by atoms with Crippen LogP contribution in [0.2, 0.25) is 0 Å². The summed E-state index contributed by atoms with van der Waals surface area (Å²) in [5, 5.41) is 0. The van der Waals surface area contributed by atoms with Gasteiger partial charge < -0.3 is 9.64 Å². The lowest BCUT2D eigenvalue weighted by Crippen LogP contribution is -2.48. The van der Waals surface area contributed by atoms with Crippen LogP contribution in [0.5, 0.6) is 5.75 Å². The molecule has 2 unspecified atom stereocenters. The van der Waals surface area contributed by atoms with Crippen molar-refractivity contribution in [1.82, 2.24) is 4.90 Å². The van der Waals surface area contributed by atoms with E-state index in [0.717, 1.165) is 11.8 Å². The number of nitrogens with zero attached hydrogens (tertiary/aromatic N) is 2. The quantitative estimate of drug-likeness (QED) is 0.842. The molecular formula is C17H26N2O. The van der Waals surface area contributed by atoms with Gasteiger partial charge in [0.25, 0.3) is 0 Å². The van der Waals surface area contributed by atoms with Crippen molar-refractivity contribution in [1.29, 1.82) is 0 Å². The number of hydrogen-bond acceptors (Lipinski definition) is 3. The lowest BCUT2D eigenvalue weighted by atomic mass is 9.95. The molecule has 2 aliphatic heterocycles. The summed E-state index contributed by atoms with van der Waals surface area (Å²) in [4.78, 5) is 5.26. The van der Waals surface area contributed by atoms with E-state index in [1.165, 1.54) is 31.7 Å². The third-order valence-electron chi connectivity index (χ3n) is 4.44. The van der Waals surface area contributed by atoms with Gasteiger partial charge in [0.1, 0.15) is 5.75 Å². The van der Waals surface area contributed by atoms with Crippen LogP contribution in [0.15, 0.2) is 24.3 Å². The second kappa shape index (κ2) is 4.96. The van der Waals surface area contributed by atoms with Gasteiger partial charge in [-0.05, 0) is 36.1 Å². The molecular weight excluding hydrogens is 248 g/mol. The number of anilines is 1. The van der Waals surface area contributed by atoms with Gasteiger partial charge in [-0.15, -0.1) is 0 Å². The lowest BCUT2D eigenvalue weighted by Gasteiger charge is -2.38. The number of fused-ring (bicyclic) bond motifs is 2. The standard InChI is InChI=1S/C17H26N2O/c1-17(2,3)12-18-10-15-9-14(18)11-19(15)13-5-7-16(20-4)8-6-13/h5-8,14-15H,9-12H2,1-4H3. The molecule has 3 nitrogen and oxygen atoms in total. The van der Waals surface area contributed by atoms with Gasteiger partial charge in [0.05, 0.1) is 7.11 Å². The monoisotopic (exact) mass is 274 g/mol. The number of benzene rings is 1. The molecule has 1 aromatic carbocycles. The first-order valence-corrected chi connectivity index (χ1v) is 7.61. The Balaban J connectivity index is 1.66. The topological polar surface area (TPSA) is 15.7 Å². The van der Waals surface area contributed by atoms with Crippen molar-refractivity contribution >= 4 is 5.69 Å². The number of methoxy groups -OCH3 is 1. The number of likely N-dealkylation sites (tertiary alicyclic amines) is 1. The van der Waals surface area contributed by atoms with Gasteiger partial charge in [-0.1, -0.05) is 20.8 Å². The normalized spacial score (nSPS) is 26.3. The third kappa shape index (κ3) is 2.64. The molecule has 3 rings (SSSR count). The van der Waals surface area contributed by atoms with Crippen LogP contribution in [0.3, 0.4) is 0 Å². The van der Waals surface area contributed by atoms with Gasteiger partial charge in [0, 0.05) is 37.4 Å². The predicted molar refractivity (Wildman–Crippen MR) is 83.6 cm³/mol. The zero-order chi connectivity index (χ0) is 14.3. The van der Waals surface area contributed by atoms with Gasteiger partial charge in [-0.25, -0.2) is 0 Å². The summed E-state index contributed by atoms with van der Waals surface area (Å²) in [5.74, 6) is 0.937. The molecule has 110 valence electrons. The number of piperazine rings is 1. The SMILES string of the molecule is COc1ccc(N2CC3CC2CN3CC(C)(C)C)cc1. The smallest absolute Gasteiger partial charge is 0.119 e. The minimum atomic E-state index is 0.398. The highest BCUT2D eigenvalue weighted by Gasteiger charge is 2.43. The second-order valence-corrected chi connectivity index (χ2v) is 7.38. The van der Waals surface area contributed by atoms with E-state index in [4.69, 9.17) is 4.74 Å². The van der Waals surface area contributed by atoms with Crippen LogP contribution in [0.1, 0.15) is 27.2 Å². The van der Waals surface area contributed by atoms with Gasteiger partial charge in [-0.3, -0.25) is 4.90 Å². The second-order valence-electron chi connectivity index (χ2n) is 7.38. The maximum Gasteiger partial charge on any atom is 0.119 e. The van der Waals surface area contributed by atoms with Crippen LogP contribution in [-0.2, 0) is 0 Å². The fourth-order valence-electron chi connectivity index (χ4n) is 3.64. The van der Waals surface area contributed by atoms with Crippen LogP contribution in [0.25, 0.3) is 0 Å². The highest BCUT2D eigenvalue weighted by Crippen LogP contribution is 2.36. The Kier molecular flexibility index (Phi) is 3.41. The van der Waals surface area contributed by atoms with Gasteiger partial charge in [0.2, 0.25) is 0 Å². The molecule has 0 saturated carbocycles. The summed E-state index contributed by atoms with van der Waals surface area (Å²) in [5.41, 5.74) is 1.74. The Morgan fingerprint density at radius 3 is 2.30 bits per heavy atom. The average molecular weight is 274 g/mol. The first-order valence-electron chi connectivity index (χ1n) is 7.61. The summed E-state index contributed by atoms with van der Waals surface area (Å²) in [6.45, 7) is 10.6. The van der Waals surface area contributed by atoms with E-state index in [2.05, 4.69) is 54.8 Å². The Hall–Kier alpha value is -1.22. The molecule has 0 aromatic heterocycles. The maximum absolute atomic E-state index is 5.24. The van der Waals surface area contributed by atoms with Gasteiger partial charge in [-0.2, -0.15) is 0 Å². The molecule has 3 heteroatoms. The summed E-state index contributed by atoms with van der Waals surface area (Å²) in [6, 6.07) is 9.93. The average Bonchev–Trinajstić information content (AvgIpc) is 2.96. The number of rotatable bonds is 3. The first kappa shape index (κ1) is 13.7. The van der Waals surface area contributed by atoms with Crippen molar-refractivity contribution in [2.75, 3.05) is 31.6 Å². The molecule has 1 aromatic rings. The van der Waals surface area contributed by atoms with Crippen LogP contribution < -0.4 is 9.64 Å². The van der Waals surface area contributed by atoms with E-state index in [1.54, 1.807) is 7.11 Å². The molecule has 0 amide bonds. The molecule has 0 N–H and O–H groups in total. The van der Waals surface area contributed by atoms with Crippen molar-refractivity contribution in [2.24, 2.45) is 5.41 Å².